The summed E-state index contributed by atoms with van der Waals surface area (Å²) in [7, 11) is 1.77. The lowest BCUT2D eigenvalue weighted by Crippen LogP contribution is -2.45. The molecule has 1 N–H and O–H groups in total. The Bertz CT molecular complexity index is 405. The Morgan fingerprint density at radius 1 is 1.35 bits per heavy atom. The molecule has 0 unspecified atom stereocenters. The zero-order valence-electron chi connectivity index (χ0n) is 11.9. The third kappa shape index (κ3) is 4.83. The largest absolute Gasteiger partial charge is 0.376 e. The highest BCUT2D eigenvalue weighted by molar-refractivity contribution is 5.73. The van der Waals surface area contributed by atoms with Gasteiger partial charge in [-0.1, -0.05) is 30.3 Å². The second kappa shape index (κ2) is 7.87. The first-order valence-corrected chi connectivity index (χ1v) is 6.98. The van der Waals surface area contributed by atoms with Crippen molar-refractivity contribution in [3.8, 4) is 0 Å². The van der Waals surface area contributed by atoms with Crippen LogP contribution in [0.15, 0.2) is 30.3 Å². The van der Waals surface area contributed by atoms with E-state index in [0.29, 0.717) is 32.9 Å². The van der Waals surface area contributed by atoms with Crippen molar-refractivity contribution >= 4 is 6.03 Å². The van der Waals surface area contributed by atoms with E-state index in [9.17, 15) is 4.79 Å². The predicted octanol–water partition coefficient (Wildman–Crippen LogP) is 1.29. The first-order chi connectivity index (χ1) is 9.75. The number of hydrogen-bond acceptors (Lipinski definition) is 3. The molecular weight excluding hydrogens is 256 g/mol. The Morgan fingerprint density at radius 2 is 2.15 bits per heavy atom. The van der Waals surface area contributed by atoms with E-state index in [-0.39, 0.29) is 12.1 Å². The number of benzene rings is 1. The second-order valence-electron chi connectivity index (χ2n) is 4.92. The SMILES string of the molecule is CN(C[C@@H]1COCCO1)C(=O)NCCc1ccccc1. The van der Waals surface area contributed by atoms with E-state index in [1.807, 2.05) is 18.2 Å². The highest BCUT2D eigenvalue weighted by Crippen LogP contribution is 2.03. The summed E-state index contributed by atoms with van der Waals surface area (Å²) in [5.41, 5.74) is 1.22. The van der Waals surface area contributed by atoms with Crippen molar-refractivity contribution < 1.29 is 14.3 Å². The molecule has 1 aliphatic heterocycles. The van der Waals surface area contributed by atoms with Crippen LogP contribution in [0.5, 0.6) is 0 Å². The van der Waals surface area contributed by atoms with Gasteiger partial charge in [-0.3, -0.25) is 0 Å². The monoisotopic (exact) mass is 278 g/mol. The van der Waals surface area contributed by atoms with Crippen LogP contribution in [-0.2, 0) is 15.9 Å². The third-order valence-electron chi connectivity index (χ3n) is 3.24. The molecule has 5 heteroatoms. The molecule has 0 aliphatic carbocycles. The number of carbonyl (C=O) groups excluding carboxylic acids is 1. The maximum atomic E-state index is 11.9. The van der Waals surface area contributed by atoms with Crippen LogP contribution in [0, 0.1) is 0 Å². The fourth-order valence-corrected chi connectivity index (χ4v) is 2.12. The van der Waals surface area contributed by atoms with Crippen LogP contribution < -0.4 is 5.32 Å². The van der Waals surface area contributed by atoms with E-state index in [4.69, 9.17) is 9.47 Å². The number of rotatable bonds is 5. The van der Waals surface area contributed by atoms with Gasteiger partial charge in [-0.2, -0.15) is 0 Å². The molecule has 1 heterocycles. The predicted molar refractivity (Wildman–Crippen MR) is 76.7 cm³/mol. The first-order valence-electron chi connectivity index (χ1n) is 6.98. The summed E-state index contributed by atoms with van der Waals surface area (Å²) < 4.78 is 10.8. The van der Waals surface area contributed by atoms with E-state index in [1.54, 1.807) is 11.9 Å². The first kappa shape index (κ1) is 14.8. The fraction of sp³-hybridized carbons (Fsp3) is 0.533. The van der Waals surface area contributed by atoms with E-state index < -0.39 is 0 Å². The minimum atomic E-state index is -0.0740. The average molecular weight is 278 g/mol. The van der Waals surface area contributed by atoms with Gasteiger partial charge in [-0.25, -0.2) is 4.79 Å². The standard InChI is InChI=1S/C15H22N2O3/c1-17(11-14-12-19-9-10-20-14)15(18)16-8-7-13-5-3-2-4-6-13/h2-6,14H,7-12H2,1H3,(H,16,18)/t14-/m1/s1. The molecule has 0 bridgehead atoms. The van der Waals surface area contributed by atoms with Crippen LogP contribution in [0.1, 0.15) is 5.56 Å². The van der Waals surface area contributed by atoms with Crippen LogP contribution in [-0.4, -0.2) is 57.0 Å². The zero-order chi connectivity index (χ0) is 14.2. The lowest BCUT2D eigenvalue weighted by molar-refractivity contribution is -0.0928. The number of amides is 2. The molecule has 1 aliphatic rings. The molecule has 1 aromatic rings. The fourth-order valence-electron chi connectivity index (χ4n) is 2.12. The van der Waals surface area contributed by atoms with Crippen molar-refractivity contribution in [1.29, 1.82) is 0 Å². The Balaban J connectivity index is 1.65. The summed E-state index contributed by atoms with van der Waals surface area (Å²) in [5, 5.41) is 2.91. The van der Waals surface area contributed by atoms with Crippen molar-refractivity contribution in [2.24, 2.45) is 0 Å². The molecule has 2 rings (SSSR count). The number of likely N-dealkylation sites (N-methyl/N-ethyl adjacent to an activating group) is 1. The van der Waals surface area contributed by atoms with Crippen LogP contribution in [0.25, 0.3) is 0 Å². The van der Waals surface area contributed by atoms with E-state index >= 15 is 0 Å². The molecule has 0 saturated carbocycles. The minimum absolute atomic E-state index is 0.0198. The maximum absolute atomic E-state index is 11.9. The summed E-state index contributed by atoms with van der Waals surface area (Å²) in [6.07, 6.45) is 0.817. The van der Waals surface area contributed by atoms with Crippen molar-refractivity contribution in [2.45, 2.75) is 12.5 Å². The quantitative estimate of drug-likeness (QED) is 0.883. The lowest BCUT2D eigenvalue weighted by Gasteiger charge is -2.27. The van der Waals surface area contributed by atoms with E-state index in [0.717, 1.165) is 6.42 Å². The highest BCUT2D eigenvalue weighted by Gasteiger charge is 2.18. The van der Waals surface area contributed by atoms with E-state index in [1.165, 1.54) is 5.56 Å². The molecule has 110 valence electrons. The zero-order valence-corrected chi connectivity index (χ0v) is 11.9. The molecule has 1 saturated heterocycles. The third-order valence-corrected chi connectivity index (χ3v) is 3.24. The van der Waals surface area contributed by atoms with Crippen molar-refractivity contribution in [3.05, 3.63) is 35.9 Å². The van der Waals surface area contributed by atoms with E-state index in [2.05, 4.69) is 17.4 Å². The van der Waals surface area contributed by atoms with Crippen LogP contribution in [0.4, 0.5) is 4.79 Å². The summed E-state index contributed by atoms with van der Waals surface area (Å²) in [6, 6.07) is 10.0. The number of nitrogens with one attached hydrogen (secondary N) is 1. The summed E-state index contributed by atoms with van der Waals surface area (Å²) in [4.78, 5) is 13.6. The summed E-state index contributed by atoms with van der Waals surface area (Å²) >= 11 is 0. The number of ether oxygens (including phenoxy) is 2. The number of urea groups is 1. The summed E-state index contributed by atoms with van der Waals surface area (Å²) in [6.45, 7) is 2.99. The number of carbonyl (C=O) groups is 1. The van der Waals surface area contributed by atoms with Crippen LogP contribution in [0.3, 0.4) is 0 Å². The molecule has 1 atom stereocenters. The molecule has 0 radical (unpaired) electrons. The maximum Gasteiger partial charge on any atom is 0.317 e. The van der Waals surface area contributed by atoms with Gasteiger partial charge in [0.15, 0.2) is 0 Å². The van der Waals surface area contributed by atoms with Crippen LogP contribution in [0.2, 0.25) is 0 Å². The van der Waals surface area contributed by atoms with Gasteiger partial charge in [0, 0.05) is 13.6 Å². The lowest BCUT2D eigenvalue weighted by atomic mass is 10.1. The number of hydrogen-bond donors (Lipinski definition) is 1. The van der Waals surface area contributed by atoms with Gasteiger partial charge in [0.2, 0.25) is 0 Å². The molecular formula is C15H22N2O3. The van der Waals surface area contributed by atoms with Crippen LogP contribution >= 0.6 is 0 Å². The molecule has 0 aromatic heterocycles. The Labute approximate surface area is 119 Å². The molecule has 0 spiro atoms. The molecule has 1 aromatic carbocycles. The molecule has 5 nitrogen and oxygen atoms in total. The minimum Gasteiger partial charge on any atom is -0.376 e. The van der Waals surface area contributed by atoms with Gasteiger partial charge >= 0.3 is 6.03 Å². The Morgan fingerprint density at radius 3 is 2.85 bits per heavy atom. The highest BCUT2D eigenvalue weighted by atomic mass is 16.6. The van der Waals surface area contributed by atoms with Gasteiger partial charge in [0.05, 0.1) is 32.5 Å². The average Bonchev–Trinajstić information content (AvgIpc) is 2.49. The van der Waals surface area contributed by atoms with Gasteiger partial charge in [-0.15, -0.1) is 0 Å². The normalized spacial score (nSPS) is 18.6. The topological polar surface area (TPSA) is 50.8 Å². The number of nitrogens with zero attached hydrogens (tertiary/aromatic N) is 1. The van der Waals surface area contributed by atoms with Crippen molar-refractivity contribution in [3.63, 3.8) is 0 Å². The smallest absolute Gasteiger partial charge is 0.317 e. The Hall–Kier alpha value is -1.59. The second-order valence-corrected chi connectivity index (χ2v) is 4.92. The molecule has 2 amide bonds. The summed E-state index contributed by atoms with van der Waals surface area (Å²) in [5.74, 6) is 0. The Kier molecular flexibility index (Phi) is 5.83. The van der Waals surface area contributed by atoms with Gasteiger partial charge in [-0.05, 0) is 12.0 Å². The van der Waals surface area contributed by atoms with Gasteiger partial charge < -0.3 is 19.7 Å². The van der Waals surface area contributed by atoms with Crippen molar-refractivity contribution in [2.75, 3.05) is 40.0 Å². The van der Waals surface area contributed by atoms with Gasteiger partial charge in [0.25, 0.3) is 0 Å². The van der Waals surface area contributed by atoms with Crippen molar-refractivity contribution in [1.82, 2.24) is 10.2 Å². The van der Waals surface area contributed by atoms with Gasteiger partial charge in [0.1, 0.15) is 0 Å². The molecule has 1 fully saturated rings. The molecule has 20 heavy (non-hydrogen) atoms.